The summed E-state index contributed by atoms with van der Waals surface area (Å²) in [6.07, 6.45) is 0.423. The number of carbonyl (C=O) groups is 1. The summed E-state index contributed by atoms with van der Waals surface area (Å²) in [5.74, 6) is 0.801. The molecular formula is C11H12BrNO3. The molecule has 0 aliphatic carbocycles. The maximum atomic E-state index is 10.8. The highest BCUT2D eigenvalue weighted by Crippen LogP contribution is 2.26. The SMILES string of the molecule is COc1ccc(C[C@H]2COC(=O)N2)cc1Br. The van der Waals surface area contributed by atoms with Crippen molar-refractivity contribution in [3.05, 3.63) is 28.2 Å². The Morgan fingerprint density at radius 2 is 2.44 bits per heavy atom. The maximum Gasteiger partial charge on any atom is 0.407 e. The molecule has 2 rings (SSSR count). The zero-order valence-corrected chi connectivity index (χ0v) is 10.4. The van der Waals surface area contributed by atoms with Gasteiger partial charge in [-0.2, -0.15) is 0 Å². The van der Waals surface area contributed by atoms with E-state index >= 15 is 0 Å². The van der Waals surface area contributed by atoms with Gasteiger partial charge >= 0.3 is 6.09 Å². The standard InChI is InChI=1S/C11H12BrNO3/c1-15-10-3-2-7(5-9(10)12)4-8-6-16-11(14)13-8/h2-3,5,8H,4,6H2,1H3,(H,13,14)/t8-/m0/s1. The number of ether oxygens (including phenoxy) is 2. The van der Waals surface area contributed by atoms with Crippen LogP contribution in [0.2, 0.25) is 0 Å². The Kier molecular flexibility index (Phi) is 3.33. The molecule has 1 amide bonds. The fourth-order valence-corrected chi connectivity index (χ4v) is 2.25. The number of nitrogens with one attached hydrogen (secondary N) is 1. The third kappa shape index (κ3) is 2.47. The molecule has 0 radical (unpaired) electrons. The van der Waals surface area contributed by atoms with E-state index in [-0.39, 0.29) is 12.1 Å². The van der Waals surface area contributed by atoms with Crippen molar-refractivity contribution in [2.45, 2.75) is 12.5 Å². The van der Waals surface area contributed by atoms with E-state index in [0.717, 1.165) is 22.2 Å². The second-order valence-corrected chi connectivity index (χ2v) is 4.47. The quantitative estimate of drug-likeness (QED) is 0.925. The molecule has 1 fully saturated rings. The van der Waals surface area contributed by atoms with Crippen LogP contribution in [0.1, 0.15) is 5.56 Å². The molecule has 1 aromatic carbocycles. The molecule has 1 atom stereocenters. The molecule has 86 valence electrons. The molecule has 1 aromatic rings. The third-order valence-electron chi connectivity index (χ3n) is 2.44. The van der Waals surface area contributed by atoms with Crippen LogP contribution in [0, 0.1) is 0 Å². The summed E-state index contributed by atoms with van der Waals surface area (Å²) in [5, 5.41) is 2.74. The highest BCUT2D eigenvalue weighted by Gasteiger charge is 2.22. The maximum absolute atomic E-state index is 10.8. The van der Waals surface area contributed by atoms with Crippen LogP contribution in [0.3, 0.4) is 0 Å². The average molecular weight is 286 g/mol. The number of amides is 1. The zero-order valence-electron chi connectivity index (χ0n) is 8.83. The largest absolute Gasteiger partial charge is 0.496 e. The normalized spacial score (nSPS) is 19.1. The predicted octanol–water partition coefficient (Wildman–Crippen LogP) is 2.11. The molecule has 4 nitrogen and oxygen atoms in total. The number of carbonyl (C=O) groups excluding carboxylic acids is 1. The van der Waals surface area contributed by atoms with E-state index in [0.29, 0.717) is 6.61 Å². The second kappa shape index (κ2) is 4.74. The van der Waals surface area contributed by atoms with Gasteiger partial charge in [0, 0.05) is 0 Å². The lowest BCUT2D eigenvalue weighted by Gasteiger charge is -2.09. The highest BCUT2D eigenvalue weighted by atomic mass is 79.9. The van der Waals surface area contributed by atoms with E-state index in [9.17, 15) is 4.79 Å². The molecule has 5 heteroatoms. The minimum Gasteiger partial charge on any atom is -0.496 e. The Morgan fingerprint density at radius 3 is 3.00 bits per heavy atom. The van der Waals surface area contributed by atoms with Crippen molar-refractivity contribution in [3.63, 3.8) is 0 Å². The highest BCUT2D eigenvalue weighted by molar-refractivity contribution is 9.10. The van der Waals surface area contributed by atoms with Crippen LogP contribution >= 0.6 is 15.9 Å². The Hall–Kier alpha value is -1.23. The summed E-state index contributed by atoms with van der Waals surface area (Å²) in [6, 6.07) is 5.93. The van der Waals surface area contributed by atoms with E-state index in [1.165, 1.54) is 0 Å². The monoisotopic (exact) mass is 285 g/mol. The number of alkyl carbamates (subject to hydrolysis) is 1. The van der Waals surface area contributed by atoms with Gasteiger partial charge in [-0.3, -0.25) is 0 Å². The number of halogens is 1. The fraction of sp³-hybridized carbons (Fsp3) is 0.364. The molecule has 1 saturated heterocycles. The van der Waals surface area contributed by atoms with Crippen molar-refractivity contribution in [3.8, 4) is 5.75 Å². The van der Waals surface area contributed by atoms with Gasteiger partial charge in [0.25, 0.3) is 0 Å². The van der Waals surface area contributed by atoms with Crippen molar-refractivity contribution in [1.82, 2.24) is 5.32 Å². The first-order valence-corrected chi connectivity index (χ1v) is 5.74. The number of benzene rings is 1. The first-order valence-electron chi connectivity index (χ1n) is 4.95. The van der Waals surface area contributed by atoms with Crippen LogP contribution < -0.4 is 10.1 Å². The van der Waals surface area contributed by atoms with Gasteiger partial charge in [0.15, 0.2) is 0 Å². The van der Waals surface area contributed by atoms with Gasteiger partial charge in [0.05, 0.1) is 17.6 Å². The molecule has 1 aliphatic heterocycles. The summed E-state index contributed by atoms with van der Waals surface area (Å²) in [5.41, 5.74) is 1.13. The van der Waals surface area contributed by atoms with Gasteiger partial charge < -0.3 is 14.8 Å². The summed E-state index contributed by atoms with van der Waals surface area (Å²) in [7, 11) is 1.63. The molecule has 0 aromatic heterocycles. The lowest BCUT2D eigenvalue weighted by Crippen LogP contribution is -2.28. The van der Waals surface area contributed by atoms with Crippen LogP contribution in [0.4, 0.5) is 4.79 Å². The van der Waals surface area contributed by atoms with Crippen LogP contribution in [-0.4, -0.2) is 25.9 Å². The molecule has 1 aliphatic rings. The summed E-state index contributed by atoms with van der Waals surface area (Å²) < 4.78 is 10.9. The average Bonchev–Trinajstić information content (AvgIpc) is 2.64. The van der Waals surface area contributed by atoms with Gasteiger partial charge in [-0.1, -0.05) is 6.07 Å². The number of rotatable bonds is 3. The van der Waals surface area contributed by atoms with Gasteiger partial charge in [-0.05, 0) is 40.0 Å². The topological polar surface area (TPSA) is 47.6 Å². The Labute approximate surface area is 102 Å². The zero-order chi connectivity index (χ0) is 11.5. The van der Waals surface area contributed by atoms with Crippen molar-refractivity contribution in [2.75, 3.05) is 13.7 Å². The Balaban J connectivity index is 2.04. The number of hydrogen-bond donors (Lipinski definition) is 1. The van der Waals surface area contributed by atoms with Crippen molar-refractivity contribution < 1.29 is 14.3 Å². The Morgan fingerprint density at radius 1 is 1.62 bits per heavy atom. The van der Waals surface area contributed by atoms with E-state index < -0.39 is 0 Å². The molecule has 1 N–H and O–H groups in total. The minimum atomic E-state index is -0.336. The van der Waals surface area contributed by atoms with E-state index in [4.69, 9.17) is 9.47 Å². The van der Waals surface area contributed by atoms with Crippen LogP contribution in [0.25, 0.3) is 0 Å². The lowest BCUT2D eigenvalue weighted by molar-refractivity contribution is 0.177. The number of hydrogen-bond acceptors (Lipinski definition) is 3. The molecule has 0 bridgehead atoms. The van der Waals surface area contributed by atoms with Gasteiger partial charge in [-0.25, -0.2) is 4.79 Å². The van der Waals surface area contributed by atoms with Gasteiger partial charge in [0.2, 0.25) is 0 Å². The lowest BCUT2D eigenvalue weighted by atomic mass is 10.1. The summed E-state index contributed by atoms with van der Waals surface area (Å²) in [6.45, 7) is 0.433. The predicted molar refractivity (Wildman–Crippen MR) is 62.7 cm³/mol. The Bertz CT molecular complexity index is 408. The van der Waals surface area contributed by atoms with Crippen LogP contribution in [-0.2, 0) is 11.2 Å². The molecule has 0 unspecified atom stereocenters. The van der Waals surface area contributed by atoms with Gasteiger partial charge in [0.1, 0.15) is 12.4 Å². The summed E-state index contributed by atoms with van der Waals surface area (Å²) >= 11 is 3.42. The van der Waals surface area contributed by atoms with Crippen LogP contribution in [0.5, 0.6) is 5.75 Å². The molecule has 1 heterocycles. The van der Waals surface area contributed by atoms with E-state index in [1.54, 1.807) is 7.11 Å². The number of methoxy groups -OCH3 is 1. The van der Waals surface area contributed by atoms with Crippen molar-refractivity contribution in [2.24, 2.45) is 0 Å². The molecule has 0 spiro atoms. The molecular weight excluding hydrogens is 274 g/mol. The smallest absolute Gasteiger partial charge is 0.407 e. The number of cyclic esters (lactones) is 1. The molecule has 0 saturated carbocycles. The third-order valence-corrected chi connectivity index (χ3v) is 3.06. The van der Waals surface area contributed by atoms with E-state index in [1.807, 2.05) is 18.2 Å². The fourth-order valence-electron chi connectivity index (χ4n) is 1.66. The first-order chi connectivity index (χ1) is 7.69. The first kappa shape index (κ1) is 11.3. The minimum absolute atomic E-state index is 0.0628. The molecule has 16 heavy (non-hydrogen) atoms. The summed E-state index contributed by atoms with van der Waals surface area (Å²) in [4.78, 5) is 10.8. The second-order valence-electron chi connectivity index (χ2n) is 3.61. The van der Waals surface area contributed by atoms with Crippen molar-refractivity contribution in [1.29, 1.82) is 0 Å². The van der Waals surface area contributed by atoms with Crippen LogP contribution in [0.15, 0.2) is 22.7 Å². The van der Waals surface area contributed by atoms with E-state index in [2.05, 4.69) is 21.2 Å². The van der Waals surface area contributed by atoms with Gasteiger partial charge in [-0.15, -0.1) is 0 Å². The van der Waals surface area contributed by atoms with Crippen molar-refractivity contribution >= 4 is 22.0 Å².